The molecule has 1 saturated heterocycles. The molecule has 5 nitrogen and oxygen atoms in total. The van der Waals surface area contributed by atoms with Crippen molar-refractivity contribution >= 4 is 5.91 Å². The maximum atomic E-state index is 13.3. The molecule has 2 heterocycles. The number of hydrogen-bond donors (Lipinski definition) is 0. The lowest BCUT2D eigenvalue weighted by molar-refractivity contribution is -0.135. The Kier molecular flexibility index (Phi) is 3.89. The summed E-state index contributed by atoms with van der Waals surface area (Å²) in [6.07, 6.45) is 4.03. The Hall–Kier alpha value is -2.17. The predicted octanol–water partition coefficient (Wildman–Crippen LogP) is 3.10. The lowest BCUT2D eigenvalue weighted by atomic mass is 9.92. The first-order chi connectivity index (χ1) is 12.0. The molecule has 0 spiro atoms. The molecule has 1 aliphatic carbocycles. The zero-order valence-electron chi connectivity index (χ0n) is 15.3. The van der Waals surface area contributed by atoms with E-state index in [-0.39, 0.29) is 11.5 Å². The molecule has 25 heavy (non-hydrogen) atoms. The summed E-state index contributed by atoms with van der Waals surface area (Å²) in [7, 11) is 0. The first-order valence-corrected chi connectivity index (χ1v) is 9.26. The van der Waals surface area contributed by atoms with E-state index in [2.05, 4.69) is 46.2 Å². The number of nitrogens with zero attached hydrogens (tertiary/aromatic N) is 4. The average molecular weight is 338 g/mol. The molecule has 0 bridgehead atoms. The fourth-order valence-corrected chi connectivity index (χ4v) is 4.22. The quantitative estimate of drug-likeness (QED) is 0.864. The molecule has 1 aliphatic heterocycles. The zero-order chi connectivity index (χ0) is 17.6. The van der Waals surface area contributed by atoms with Crippen LogP contribution in [-0.2, 0) is 10.2 Å². The van der Waals surface area contributed by atoms with Crippen molar-refractivity contribution < 1.29 is 4.79 Å². The van der Waals surface area contributed by atoms with E-state index in [9.17, 15) is 4.79 Å². The topological polar surface area (TPSA) is 51.0 Å². The smallest absolute Gasteiger partial charge is 0.233 e. The standard InChI is InChI=1S/C20H26N4O/c1-14-6-4-7-17(12-14)20(9-10-20)19(25)23-11-5-8-18(13-23)24-16(3)21-15(2)22-24/h4,6-7,12,18H,5,8-11,13H2,1-3H3/t18-/m1/s1. The minimum absolute atomic E-state index is 0.243. The van der Waals surface area contributed by atoms with Crippen LogP contribution < -0.4 is 0 Å². The van der Waals surface area contributed by atoms with Crippen LogP contribution in [0.5, 0.6) is 0 Å². The Labute approximate surface area is 149 Å². The first-order valence-electron chi connectivity index (χ1n) is 9.26. The number of rotatable bonds is 3. The van der Waals surface area contributed by atoms with Gasteiger partial charge in [-0.3, -0.25) is 4.79 Å². The molecule has 1 aromatic carbocycles. The molecule has 0 radical (unpaired) electrons. The van der Waals surface area contributed by atoms with Crippen molar-refractivity contribution in [1.82, 2.24) is 19.7 Å². The Morgan fingerprint density at radius 2 is 2.04 bits per heavy atom. The largest absolute Gasteiger partial charge is 0.340 e. The summed E-state index contributed by atoms with van der Waals surface area (Å²) in [6, 6.07) is 8.70. The number of hydrogen-bond acceptors (Lipinski definition) is 3. The molecule has 1 atom stereocenters. The summed E-state index contributed by atoms with van der Waals surface area (Å²) < 4.78 is 2.01. The van der Waals surface area contributed by atoms with Gasteiger partial charge >= 0.3 is 0 Å². The molecule has 4 rings (SSSR count). The van der Waals surface area contributed by atoms with Gasteiger partial charge in [-0.2, -0.15) is 5.10 Å². The van der Waals surface area contributed by atoms with Gasteiger partial charge in [-0.1, -0.05) is 29.8 Å². The Balaban J connectivity index is 1.55. The molecule has 0 unspecified atom stereocenters. The highest BCUT2D eigenvalue weighted by Crippen LogP contribution is 2.50. The van der Waals surface area contributed by atoms with Gasteiger partial charge in [0.2, 0.25) is 5.91 Å². The van der Waals surface area contributed by atoms with E-state index >= 15 is 0 Å². The van der Waals surface area contributed by atoms with Crippen LogP contribution in [0.15, 0.2) is 24.3 Å². The number of piperidine rings is 1. The van der Waals surface area contributed by atoms with E-state index in [1.54, 1.807) is 0 Å². The van der Waals surface area contributed by atoms with Crippen molar-refractivity contribution in [3.05, 3.63) is 47.0 Å². The van der Waals surface area contributed by atoms with Crippen LogP contribution in [0.2, 0.25) is 0 Å². The number of aryl methyl sites for hydroxylation is 3. The number of amides is 1. The van der Waals surface area contributed by atoms with Gasteiger partial charge in [0, 0.05) is 13.1 Å². The second-order valence-electron chi connectivity index (χ2n) is 7.65. The van der Waals surface area contributed by atoms with Crippen molar-refractivity contribution in [3.63, 3.8) is 0 Å². The van der Waals surface area contributed by atoms with Gasteiger partial charge in [0.25, 0.3) is 0 Å². The molecule has 1 amide bonds. The fourth-order valence-electron chi connectivity index (χ4n) is 4.22. The molecule has 2 aliphatic rings. The summed E-state index contributed by atoms with van der Waals surface area (Å²) in [4.78, 5) is 19.8. The fraction of sp³-hybridized carbons (Fsp3) is 0.550. The number of benzene rings is 1. The minimum atomic E-state index is -0.277. The maximum Gasteiger partial charge on any atom is 0.233 e. The summed E-state index contributed by atoms with van der Waals surface area (Å²) in [5.74, 6) is 2.05. The number of carbonyl (C=O) groups excluding carboxylic acids is 1. The predicted molar refractivity (Wildman–Crippen MR) is 96.4 cm³/mol. The maximum absolute atomic E-state index is 13.3. The highest BCUT2D eigenvalue weighted by Gasteiger charge is 2.53. The third-order valence-corrected chi connectivity index (χ3v) is 5.67. The van der Waals surface area contributed by atoms with Crippen molar-refractivity contribution in [2.24, 2.45) is 0 Å². The van der Waals surface area contributed by atoms with Crippen LogP contribution in [0.4, 0.5) is 0 Å². The molecule has 2 fully saturated rings. The van der Waals surface area contributed by atoms with E-state index in [0.717, 1.165) is 50.4 Å². The Morgan fingerprint density at radius 1 is 1.24 bits per heavy atom. The van der Waals surface area contributed by atoms with Crippen molar-refractivity contribution in [2.45, 2.75) is 57.9 Å². The summed E-state index contributed by atoms with van der Waals surface area (Å²) >= 11 is 0. The van der Waals surface area contributed by atoms with Crippen molar-refractivity contribution in [3.8, 4) is 0 Å². The van der Waals surface area contributed by atoms with Crippen LogP contribution in [0.25, 0.3) is 0 Å². The van der Waals surface area contributed by atoms with E-state index in [1.807, 2.05) is 18.5 Å². The molecular weight excluding hydrogens is 312 g/mol. The highest BCUT2D eigenvalue weighted by molar-refractivity contribution is 5.91. The molecule has 1 saturated carbocycles. The highest BCUT2D eigenvalue weighted by atomic mass is 16.2. The molecule has 0 N–H and O–H groups in total. The number of aromatic nitrogens is 3. The van der Waals surface area contributed by atoms with E-state index < -0.39 is 0 Å². The Bertz CT molecular complexity index is 806. The van der Waals surface area contributed by atoms with Gasteiger partial charge < -0.3 is 4.90 Å². The normalized spacial score (nSPS) is 22.0. The first kappa shape index (κ1) is 16.3. The molecule has 132 valence electrons. The lowest BCUT2D eigenvalue weighted by Crippen LogP contribution is -2.45. The van der Waals surface area contributed by atoms with Gasteiger partial charge in [-0.15, -0.1) is 0 Å². The van der Waals surface area contributed by atoms with Gasteiger partial charge in [0.15, 0.2) is 0 Å². The third-order valence-electron chi connectivity index (χ3n) is 5.67. The summed E-state index contributed by atoms with van der Waals surface area (Å²) in [5, 5.41) is 4.54. The van der Waals surface area contributed by atoms with Gasteiger partial charge in [0.1, 0.15) is 11.6 Å². The molecule has 2 aromatic rings. The van der Waals surface area contributed by atoms with E-state index in [4.69, 9.17) is 0 Å². The van der Waals surface area contributed by atoms with Crippen LogP contribution in [0.3, 0.4) is 0 Å². The monoisotopic (exact) mass is 338 g/mol. The zero-order valence-corrected chi connectivity index (χ0v) is 15.3. The molecule has 1 aromatic heterocycles. The SMILES string of the molecule is Cc1cccc(C2(C(=O)N3CCC[C@@H](n4nc(C)nc4C)C3)CC2)c1. The van der Waals surface area contributed by atoms with Crippen molar-refractivity contribution in [2.75, 3.05) is 13.1 Å². The van der Waals surface area contributed by atoms with Crippen LogP contribution >= 0.6 is 0 Å². The van der Waals surface area contributed by atoms with Crippen LogP contribution in [-0.4, -0.2) is 38.7 Å². The van der Waals surface area contributed by atoms with Gasteiger partial charge in [-0.25, -0.2) is 9.67 Å². The van der Waals surface area contributed by atoms with Gasteiger partial charge in [0.05, 0.1) is 11.5 Å². The molecular formula is C20H26N4O. The summed E-state index contributed by atoms with van der Waals surface area (Å²) in [5.41, 5.74) is 2.13. The van der Waals surface area contributed by atoms with Crippen LogP contribution in [0, 0.1) is 20.8 Å². The van der Waals surface area contributed by atoms with E-state index in [1.165, 1.54) is 11.1 Å². The average Bonchev–Trinajstić information content (AvgIpc) is 3.34. The second kappa shape index (κ2) is 5.97. The minimum Gasteiger partial charge on any atom is -0.340 e. The lowest BCUT2D eigenvalue weighted by Gasteiger charge is -2.35. The van der Waals surface area contributed by atoms with Crippen molar-refractivity contribution in [1.29, 1.82) is 0 Å². The van der Waals surface area contributed by atoms with Gasteiger partial charge in [-0.05, 0) is 52.0 Å². The van der Waals surface area contributed by atoms with E-state index in [0.29, 0.717) is 5.91 Å². The number of carbonyl (C=O) groups is 1. The molecule has 5 heteroatoms. The second-order valence-corrected chi connectivity index (χ2v) is 7.65. The van der Waals surface area contributed by atoms with Crippen LogP contribution in [0.1, 0.15) is 54.5 Å². The number of likely N-dealkylation sites (tertiary alicyclic amines) is 1. The summed E-state index contributed by atoms with van der Waals surface area (Å²) in [6.45, 7) is 7.62. The third kappa shape index (κ3) is 2.86. The Morgan fingerprint density at radius 3 is 2.68 bits per heavy atom.